The molecule has 1 aliphatic carbocycles. The van der Waals surface area contributed by atoms with E-state index in [0.29, 0.717) is 5.56 Å². The first-order valence-electron chi connectivity index (χ1n) is 8.52. The van der Waals surface area contributed by atoms with Gasteiger partial charge in [0, 0.05) is 16.6 Å². The summed E-state index contributed by atoms with van der Waals surface area (Å²) in [5, 5.41) is 0.969. The number of carbonyl (C=O) groups is 2. The van der Waals surface area contributed by atoms with Crippen LogP contribution < -0.4 is 0 Å². The second-order valence-corrected chi connectivity index (χ2v) is 6.35. The molecule has 0 saturated heterocycles. The van der Waals surface area contributed by atoms with Crippen LogP contribution in [0.1, 0.15) is 40.4 Å². The number of rotatable bonds is 2. The number of aromatic nitrogens is 1. The summed E-state index contributed by atoms with van der Waals surface area (Å²) in [5.74, 6) is -0.581. The van der Waals surface area contributed by atoms with Gasteiger partial charge >= 0.3 is 5.97 Å². The van der Waals surface area contributed by atoms with Gasteiger partial charge in [0.1, 0.15) is 0 Å². The number of fused-ring (bicyclic) bond motifs is 3. The number of hydrogen-bond acceptors (Lipinski definition) is 3. The molecular weight excluding hydrogens is 314 g/mol. The monoisotopic (exact) mass is 333 g/mol. The number of carbonyl (C=O) groups excluding carboxylic acids is 2. The zero-order valence-corrected chi connectivity index (χ0v) is 14.1. The number of hydrogen-bond donors (Lipinski definition) is 0. The molecule has 2 aromatic carbocycles. The van der Waals surface area contributed by atoms with Crippen LogP contribution >= 0.6 is 0 Å². The van der Waals surface area contributed by atoms with Crippen molar-refractivity contribution in [2.45, 2.75) is 25.2 Å². The van der Waals surface area contributed by atoms with E-state index in [-0.39, 0.29) is 17.8 Å². The lowest BCUT2D eigenvalue weighted by molar-refractivity contribution is -0.142. The van der Waals surface area contributed by atoms with Crippen molar-refractivity contribution in [3.63, 3.8) is 0 Å². The Bertz CT molecular complexity index is 956. The van der Waals surface area contributed by atoms with Crippen molar-refractivity contribution in [3.05, 3.63) is 71.4 Å². The molecule has 4 heteroatoms. The first-order valence-corrected chi connectivity index (χ1v) is 8.52. The van der Waals surface area contributed by atoms with Gasteiger partial charge in [0.2, 0.25) is 0 Å². The Hall–Kier alpha value is -2.88. The Morgan fingerprint density at radius 1 is 1.04 bits per heavy atom. The van der Waals surface area contributed by atoms with Gasteiger partial charge in [-0.2, -0.15) is 0 Å². The third kappa shape index (κ3) is 2.45. The highest BCUT2D eigenvalue weighted by Gasteiger charge is 2.34. The fourth-order valence-corrected chi connectivity index (χ4v) is 3.89. The van der Waals surface area contributed by atoms with Gasteiger partial charge < -0.3 is 4.74 Å². The molecule has 1 aromatic heterocycles. The van der Waals surface area contributed by atoms with E-state index in [9.17, 15) is 9.59 Å². The van der Waals surface area contributed by atoms with E-state index in [0.717, 1.165) is 41.4 Å². The van der Waals surface area contributed by atoms with Crippen LogP contribution in [0.25, 0.3) is 10.9 Å². The number of para-hydroxylation sites is 1. The summed E-state index contributed by atoms with van der Waals surface area (Å²) in [5.41, 5.74) is 3.40. The molecule has 1 aliphatic rings. The van der Waals surface area contributed by atoms with Gasteiger partial charge in [-0.05, 0) is 43.0 Å². The number of nitrogens with zero attached hydrogens (tertiary/aromatic N) is 1. The predicted molar refractivity (Wildman–Crippen MR) is 95.8 cm³/mol. The Labute approximate surface area is 146 Å². The quantitative estimate of drug-likeness (QED) is 0.668. The fraction of sp³-hybridized carbons (Fsp3) is 0.238. The minimum Gasteiger partial charge on any atom is -0.469 e. The van der Waals surface area contributed by atoms with Gasteiger partial charge in [0.05, 0.1) is 18.5 Å². The molecule has 0 bridgehead atoms. The largest absolute Gasteiger partial charge is 0.469 e. The Kier molecular flexibility index (Phi) is 3.88. The average molecular weight is 333 g/mol. The van der Waals surface area contributed by atoms with E-state index >= 15 is 0 Å². The molecule has 0 N–H and O–H groups in total. The molecule has 4 rings (SSSR count). The lowest BCUT2D eigenvalue weighted by atomic mass is 9.85. The van der Waals surface area contributed by atoms with E-state index < -0.39 is 0 Å². The van der Waals surface area contributed by atoms with Gasteiger partial charge in [0.25, 0.3) is 5.91 Å². The van der Waals surface area contributed by atoms with Crippen LogP contribution in [-0.4, -0.2) is 23.6 Å². The van der Waals surface area contributed by atoms with Crippen molar-refractivity contribution in [1.82, 2.24) is 4.57 Å². The topological polar surface area (TPSA) is 48.3 Å². The van der Waals surface area contributed by atoms with Gasteiger partial charge in [-0.1, -0.05) is 36.4 Å². The number of benzene rings is 2. The van der Waals surface area contributed by atoms with E-state index in [2.05, 4.69) is 0 Å². The maximum absolute atomic E-state index is 13.2. The van der Waals surface area contributed by atoms with E-state index in [1.165, 1.54) is 7.11 Å². The van der Waals surface area contributed by atoms with Crippen LogP contribution in [0.15, 0.2) is 54.6 Å². The summed E-state index contributed by atoms with van der Waals surface area (Å²) in [6.07, 6.45) is 2.41. The van der Waals surface area contributed by atoms with Crippen molar-refractivity contribution in [3.8, 4) is 0 Å². The minimum absolute atomic E-state index is 0.0523. The van der Waals surface area contributed by atoms with Crippen molar-refractivity contribution < 1.29 is 14.3 Å². The van der Waals surface area contributed by atoms with E-state index in [1.54, 1.807) is 4.57 Å². The fourth-order valence-electron chi connectivity index (χ4n) is 3.89. The van der Waals surface area contributed by atoms with Crippen LogP contribution in [0.3, 0.4) is 0 Å². The molecule has 3 aromatic rings. The van der Waals surface area contributed by atoms with Crippen molar-refractivity contribution in [2.24, 2.45) is 0 Å². The molecule has 0 spiro atoms. The van der Waals surface area contributed by atoms with Crippen LogP contribution in [0, 0.1) is 0 Å². The summed E-state index contributed by atoms with van der Waals surface area (Å²) < 4.78 is 6.80. The molecule has 0 aliphatic heterocycles. The van der Waals surface area contributed by atoms with Crippen molar-refractivity contribution >= 4 is 22.8 Å². The lowest BCUT2D eigenvalue weighted by Gasteiger charge is -2.22. The molecule has 0 radical (unpaired) electrons. The van der Waals surface area contributed by atoms with Crippen LogP contribution in [0.5, 0.6) is 0 Å². The van der Waals surface area contributed by atoms with Crippen molar-refractivity contribution in [1.29, 1.82) is 0 Å². The molecule has 0 amide bonds. The summed E-state index contributed by atoms with van der Waals surface area (Å²) in [6, 6.07) is 17.1. The number of methoxy groups -OCH3 is 1. The zero-order valence-electron chi connectivity index (χ0n) is 14.1. The molecule has 126 valence electrons. The van der Waals surface area contributed by atoms with E-state index in [1.807, 2.05) is 54.6 Å². The third-order valence-corrected chi connectivity index (χ3v) is 4.98. The second-order valence-electron chi connectivity index (χ2n) is 6.35. The first-order chi connectivity index (χ1) is 12.2. The average Bonchev–Trinajstić information content (AvgIpc) is 3.02. The molecule has 0 saturated carbocycles. The Morgan fingerprint density at radius 2 is 1.76 bits per heavy atom. The Morgan fingerprint density at radius 3 is 2.52 bits per heavy atom. The predicted octanol–water partition coefficient (Wildman–Crippen LogP) is 3.92. The summed E-state index contributed by atoms with van der Waals surface area (Å²) in [4.78, 5) is 25.5. The standard InChI is InChI=1S/C21H19NO3/c1-25-21(24)16-11-7-13-18-19(16)15-10-5-6-12-17(15)22(18)20(23)14-8-3-2-4-9-14/h2-6,8-10,12,16H,7,11,13H2,1H3. The maximum Gasteiger partial charge on any atom is 0.313 e. The van der Waals surface area contributed by atoms with Crippen molar-refractivity contribution in [2.75, 3.05) is 7.11 Å². The Balaban J connectivity index is 1.97. The highest BCUT2D eigenvalue weighted by molar-refractivity contribution is 6.05. The molecule has 0 fully saturated rings. The lowest BCUT2D eigenvalue weighted by Crippen LogP contribution is -2.22. The van der Waals surface area contributed by atoms with Crippen LogP contribution in [0.2, 0.25) is 0 Å². The smallest absolute Gasteiger partial charge is 0.313 e. The molecule has 1 atom stereocenters. The van der Waals surface area contributed by atoms with E-state index in [4.69, 9.17) is 4.74 Å². The van der Waals surface area contributed by atoms with Gasteiger partial charge in [-0.25, -0.2) is 0 Å². The maximum atomic E-state index is 13.2. The van der Waals surface area contributed by atoms with Gasteiger partial charge in [-0.3, -0.25) is 14.2 Å². The molecule has 1 heterocycles. The summed E-state index contributed by atoms with van der Waals surface area (Å²) in [7, 11) is 1.42. The number of esters is 1. The molecule has 1 unspecified atom stereocenters. The normalized spacial score (nSPS) is 16.4. The SMILES string of the molecule is COC(=O)C1CCCc2c1c1ccccc1n2C(=O)c1ccccc1. The highest BCUT2D eigenvalue weighted by atomic mass is 16.5. The van der Waals surface area contributed by atoms with Gasteiger partial charge in [0.15, 0.2) is 0 Å². The van der Waals surface area contributed by atoms with Gasteiger partial charge in [-0.15, -0.1) is 0 Å². The molecule has 25 heavy (non-hydrogen) atoms. The molecular formula is C21H19NO3. The number of ether oxygens (including phenoxy) is 1. The highest BCUT2D eigenvalue weighted by Crippen LogP contribution is 2.40. The zero-order chi connectivity index (χ0) is 17.4. The summed E-state index contributed by atoms with van der Waals surface area (Å²) in [6.45, 7) is 0. The van der Waals surface area contributed by atoms with Crippen LogP contribution in [0.4, 0.5) is 0 Å². The van der Waals surface area contributed by atoms with Crippen LogP contribution in [-0.2, 0) is 16.0 Å². The second kappa shape index (κ2) is 6.20. The summed E-state index contributed by atoms with van der Waals surface area (Å²) >= 11 is 0. The first kappa shape index (κ1) is 15.6. The molecule has 4 nitrogen and oxygen atoms in total. The third-order valence-electron chi connectivity index (χ3n) is 4.98. The minimum atomic E-state index is -0.302.